The smallest absolute Gasteiger partial charge is 0.254 e. The van der Waals surface area contributed by atoms with E-state index in [9.17, 15) is 14.7 Å². The average Bonchev–Trinajstić information content (AvgIpc) is 3.08. The molecule has 0 aliphatic carbocycles. The fraction of sp³-hybridized carbons (Fsp3) is 0.471. The number of ether oxygens (including phenoxy) is 1. The number of carbonyl (C=O) groups excluding carboxylic acids is 1. The number of aromatic nitrogens is 3. The Bertz CT molecular complexity index is 855. The topological polar surface area (TPSA) is 98.4 Å². The van der Waals surface area contributed by atoms with E-state index in [1.54, 1.807) is 11.6 Å². The first-order chi connectivity index (χ1) is 11.8. The van der Waals surface area contributed by atoms with Crippen LogP contribution in [0.1, 0.15) is 29.5 Å². The number of carbonyl (C=O) groups is 1. The van der Waals surface area contributed by atoms with Crippen LogP contribution in [0.2, 0.25) is 0 Å². The third-order valence-electron chi connectivity index (χ3n) is 4.42. The molecule has 8 heteroatoms. The van der Waals surface area contributed by atoms with Gasteiger partial charge in [0.25, 0.3) is 5.56 Å². The molecule has 8 nitrogen and oxygen atoms in total. The van der Waals surface area contributed by atoms with Crippen LogP contribution in [0.5, 0.6) is 5.75 Å². The summed E-state index contributed by atoms with van der Waals surface area (Å²) in [5, 5.41) is 16.7. The quantitative estimate of drug-likeness (QED) is 0.842. The van der Waals surface area contributed by atoms with E-state index in [2.05, 4.69) is 10.4 Å². The second kappa shape index (κ2) is 6.72. The van der Waals surface area contributed by atoms with Crippen LogP contribution >= 0.6 is 0 Å². The molecule has 0 spiro atoms. The highest BCUT2D eigenvalue weighted by atomic mass is 16.5. The molecule has 0 aromatic carbocycles. The first-order valence-electron chi connectivity index (χ1n) is 8.16. The van der Waals surface area contributed by atoms with Crippen molar-refractivity contribution in [2.75, 3.05) is 6.61 Å². The number of hydrogen-bond acceptors (Lipinski definition) is 5. The van der Waals surface area contributed by atoms with Gasteiger partial charge in [-0.2, -0.15) is 5.10 Å². The first kappa shape index (κ1) is 17.2. The zero-order valence-electron chi connectivity index (χ0n) is 14.5. The second-order valence-electron chi connectivity index (χ2n) is 6.38. The third-order valence-corrected chi connectivity index (χ3v) is 4.42. The molecule has 3 heterocycles. The van der Waals surface area contributed by atoms with Gasteiger partial charge in [-0.15, -0.1) is 0 Å². The van der Waals surface area contributed by atoms with Gasteiger partial charge in [-0.05, 0) is 26.3 Å². The lowest BCUT2D eigenvalue weighted by molar-refractivity contribution is -0.122. The molecular formula is C17H22N4O4. The largest absolute Gasteiger partial charge is 0.508 e. The summed E-state index contributed by atoms with van der Waals surface area (Å²) < 4.78 is 8.85. The molecule has 25 heavy (non-hydrogen) atoms. The highest BCUT2D eigenvalue weighted by Crippen LogP contribution is 2.30. The monoisotopic (exact) mass is 346 g/mol. The van der Waals surface area contributed by atoms with Gasteiger partial charge in [0.15, 0.2) is 0 Å². The zero-order valence-corrected chi connectivity index (χ0v) is 14.5. The summed E-state index contributed by atoms with van der Waals surface area (Å²) in [6.45, 7) is 4.05. The summed E-state index contributed by atoms with van der Waals surface area (Å²) in [4.78, 5) is 24.4. The predicted octanol–water partition coefficient (Wildman–Crippen LogP) is 0.551. The second-order valence-corrected chi connectivity index (χ2v) is 6.38. The number of aromatic hydroxyl groups is 1. The normalized spacial score (nSPS) is 20.0. The summed E-state index contributed by atoms with van der Waals surface area (Å²) in [5.41, 5.74) is 1.96. The van der Waals surface area contributed by atoms with Gasteiger partial charge < -0.3 is 19.7 Å². The van der Waals surface area contributed by atoms with Crippen molar-refractivity contribution in [2.45, 2.75) is 39.0 Å². The standard InChI is InChI=1S/C17H22N4O4/c1-10-6-12(22)7-16(24)21(10)9-15(23)18-14-4-5-25-17(14)13-8-20(3)19-11(13)2/h6-8,14,17,22H,4-5,9H2,1-3H3,(H,18,23). The van der Waals surface area contributed by atoms with E-state index >= 15 is 0 Å². The number of nitrogens with one attached hydrogen (secondary N) is 1. The summed E-state index contributed by atoms with van der Waals surface area (Å²) in [6.07, 6.45) is 2.36. The third kappa shape index (κ3) is 3.58. The Labute approximate surface area is 145 Å². The Morgan fingerprint density at radius 2 is 2.20 bits per heavy atom. The highest BCUT2D eigenvalue weighted by Gasteiger charge is 2.33. The van der Waals surface area contributed by atoms with Crippen LogP contribution in [-0.2, 0) is 23.1 Å². The molecule has 0 saturated carbocycles. The van der Waals surface area contributed by atoms with Crippen LogP contribution in [0, 0.1) is 13.8 Å². The van der Waals surface area contributed by atoms with Gasteiger partial charge >= 0.3 is 0 Å². The molecule has 1 aliphatic rings. The number of nitrogens with zero attached hydrogens (tertiary/aromatic N) is 3. The minimum absolute atomic E-state index is 0.0970. The molecule has 2 atom stereocenters. The molecule has 1 amide bonds. The number of hydrogen-bond donors (Lipinski definition) is 2. The fourth-order valence-corrected chi connectivity index (χ4v) is 3.25. The molecule has 2 unspecified atom stereocenters. The Morgan fingerprint density at radius 1 is 1.44 bits per heavy atom. The van der Waals surface area contributed by atoms with E-state index in [0.717, 1.165) is 17.3 Å². The van der Waals surface area contributed by atoms with Crippen molar-refractivity contribution in [1.29, 1.82) is 0 Å². The fourth-order valence-electron chi connectivity index (χ4n) is 3.25. The van der Waals surface area contributed by atoms with E-state index in [1.165, 1.54) is 10.6 Å². The first-order valence-corrected chi connectivity index (χ1v) is 8.16. The van der Waals surface area contributed by atoms with E-state index in [1.807, 2.05) is 20.2 Å². The van der Waals surface area contributed by atoms with Crippen LogP contribution in [0.3, 0.4) is 0 Å². The van der Waals surface area contributed by atoms with Crippen LogP contribution in [0.15, 0.2) is 23.1 Å². The number of rotatable bonds is 4. The average molecular weight is 346 g/mol. The van der Waals surface area contributed by atoms with Gasteiger partial charge in [0.05, 0.1) is 11.7 Å². The summed E-state index contributed by atoms with van der Waals surface area (Å²) in [7, 11) is 1.85. The van der Waals surface area contributed by atoms with Gasteiger partial charge in [0.2, 0.25) is 5.91 Å². The maximum atomic E-state index is 12.4. The van der Waals surface area contributed by atoms with Crippen LogP contribution < -0.4 is 10.9 Å². The Kier molecular flexibility index (Phi) is 4.63. The van der Waals surface area contributed by atoms with Crippen molar-refractivity contribution in [2.24, 2.45) is 7.05 Å². The van der Waals surface area contributed by atoms with Crippen LogP contribution in [0.4, 0.5) is 0 Å². The molecule has 2 N–H and O–H groups in total. The molecule has 1 fully saturated rings. The van der Waals surface area contributed by atoms with Crippen molar-refractivity contribution in [1.82, 2.24) is 19.7 Å². The molecule has 0 radical (unpaired) electrons. The Balaban J connectivity index is 1.72. The Morgan fingerprint density at radius 3 is 2.84 bits per heavy atom. The molecule has 0 bridgehead atoms. The van der Waals surface area contributed by atoms with Gasteiger partial charge in [-0.25, -0.2) is 0 Å². The Hall–Kier alpha value is -2.61. The highest BCUT2D eigenvalue weighted by molar-refractivity contribution is 5.76. The molecule has 1 aliphatic heterocycles. The molecule has 2 aromatic heterocycles. The van der Waals surface area contributed by atoms with Crippen LogP contribution in [-0.4, -0.2) is 38.0 Å². The maximum Gasteiger partial charge on any atom is 0.254 e. The summed E-state index contributed by atoms with van der Waals surface area (Å²) >= 11 is 0. The number of pyridine rings is 1. The summed E-state index contributed by atoms with van der Waals surface area (Å²) in [5.74, 6) is -0.367. The maximum absolute atomic E-state index is 12.4. The predicted molar refractivity (Wildman–Crippen MR) is 90.3 cm³/mol. The molecule has 3 rings (SSSR count). The van der Waals surface area contributed by atoms with Gasteiger partial charge in [-0.3, -0.25) is 14.3 Å². The zero-order chi connectivity index (χ0) is 18.1. The van der Waals surface area contributed by atoms with Crippen molar-refractivity contribution in [3.63, 3.8) is 0 Å². The number of aryl methyl sites for hydroxylation is 3. The summed E-state index contributed by atoms with van der Waals surface area (Å²) in [6, 6.07) is 2.39. The van der Waals surface area contributed by atoms with Crippen molar-refractivity contribution in [3.05, 3.63) is 45.6 Å². The lowest BCUT2D eigenvalue weighted by Gasteiger charge is -2.20. The molecule has 2 aromatic rings. The van der Waals surface area contributed by atoms with Gasteiger partial charge in [0.1, 0.15) is 18.4 Å². The van der Waals surface area contributed by atoms with Crippen LogP contribution in [0.25, 0.3) is 0 Å². The molecular weight excluding hydrogens is 324 g/mol. The van der Waals surface area contributed by atoms with E-state index < -0.39 is 5.56 Å². The molecule has 1 saturated heterocycles. The lowest BCUT2D eigenvalue weighted by atomic mass is 10.0. The van der Waals surface area contributed by atoms with E-state index in [0.29, 0.717) is 18.7 Å². The minimum Gasteiger partial charge on any atom is -0.508 e. The number of amides is 1. The van der Waals surface area contributed by atoms with Crippen molar-refractivity contribution < 1.29 is 14.6 Å². The SMILES string of the molecule is Cc1nn(C)cc1C1OCCC1NC(=O)Cn1c(C)cc(O)cc1=O. The lowest BCUT2D eigenvalue weighted by Crippen LogP contribution is -2.40. The van der Waals surface area contributed by atoms with Crippen molar-refractivity contribution >= 4 is 5.91 Å². The minimum atomic E-state index is -0.407. The molecule has 134 valence electrons. The van der Waals surface area contributed by atoms with E-state index in [4.69, 9.17) is 4.74 Å². The van der Waals surface area contributed by atoms with Gasteiger partial charge in [0, 0.05) is 37.2 Å². The van der Waals surface area contributed by atoms with Gasteiger partial charge in [-0.1, -0.05) is 0 Å². The van der Waals surface area contributed by atoms with Crippen molar-refractivity contribution in [3.8, 4) is 5.75 Å². The van der Waals surface area contributed by atoms with E-state index in [-0.39, 0.29) is 30.3 Å².